The number of rotatable bonds is 0. The van der Waals surface area contributed by atoms with E-state index in [1.807, 2.05) is 30.3 Å². The molecule has 1 aliphatic heterocycles. The zero-order valence-electron chi connectivity index (χ0n) is 5.66. The second-order valence-corrected chi connectivity index (χ2v) is 5.39. The van der Waals surface area contributed by atoms with Gasteiger partial charge in [0.05, 0.1) is 3.81 Å². The predicted molar refractivity (Wildman–Crippen MR) is 53.2 cm³/mol. The summed E-state index contributed by atoms with van der Waals surface area (Å²) in [6.45, 7) is 0. The molecule has 1 unspecified atom stereocenters. The van der Waals surface area contributed by atoms with Crippen molar-refractivity contribution in [2.75, 3.05) is 0 Å². The highest BCUT2D eigenvalue weighted by Crippen LogP contribution is 2.51. The maximum Gasteiger partial charge on any atom is 0.0576 e. The predicted octanol–water partition coefficient (Wildman–Crippen LogP) is 3.23. The van der Waals surface area contributed by atoms with E-state index in [9.17, 15) is 4.55 Å². The van der Waals surface area contributed by atoms with Crippen LogP contribution < -0.4 is 0 Å². The van der Waals surface area contributed by atoms with E-state index in [-0.39, 0.29) is 0 Å². The Morgan fingerprint density at radius 3 is 2.73 bits per heavy atom. The first kappa shape index (κ1) is 7.40. The molecule has 1 N–H and O–H groups in total. The lowest BCUT2D eigenvalue weighted by Gasteiger charge is -2.08. The van der Waals surface area contributed by atoms with Crippen LogP contribution >= 0.6 is 27.1 Å². The molecule has 1 aliphatic rings. The molecular weight excluding hydrogens is 224 g/mol. The largest absolute Gasteiger partial charge is 0.345 e. The first-order chi connectivity index (χ1) is 5.29. The highest BCUT2D eigenvalue weighted by Gasteiger charge is 2.16. The lowest BCUT2D eigenvalue weighted by Crippen LogP contribution is -1.76. The van der Waals surface area contributed by atoms with E-state index in [0.29, 0.717) is 0 Å². The summed E-state index contributed by atoms with van der Waals surface area (Å²) in [5, 5.41) is 0. The lowest BCUT2D eigenvalue weighted by molar-refractivity contribution is 0.654. The fraction of sp³-hybridized carbons (Fsp3) is 0. The molecule has 0 spiro atoms. The van der Waals surface area contributed by atoms with Gasteiger partial charge in [-0.25, -0.2) is 0 Å². The first-order valence-corrected chi connectivity index (χ1v) is 5.33. The molecule has 1 aromatic carbocycles. The van der Waals surface area contributed by atoms with Crippen molar-refractivity contribution in [2.45, 2.75) is 4.90 Å². The van der Waals surface area contributed by atoms with Gasteiger partial charge in [0.25, 0.3) is 0 Å². The van der Waals surface area contributed by atoms with E-state index >= 15 is 0 Å². The molecule has 1 heterocycles. The summed E-state index contributed by atoms with van der Waals surface area (Å²) in [6, 6.07) is 7.90. The Morgan fingerprint density at radius 2 is 2.00 bits per heavy atom. The molecule has 0 radical (unpaired) electrons. The zero-order valence-corrected chi connectivity index (χ0v) is 8.14. The van der Waals surface area contributed by atoms with Gasteiger partial charge in [0.1, 0.15) is 0 Å². The van der Waals surface area contributed by atoms with Gasteiger partial charge in [0, 0.05) is 4.90 Å². The van der Waals surface area contributed by atoms with Crippen molar-refractivity contribution in [3.05, 3.63) is 33.6 Å². The van der Waals surface area contributed by atoms with Crippen molar-refractivity contribution < 1.29 is 4.55 Å². The molecule has 11 heavy (non-hydrogen) atoms. The van der Waals surface area contributed by atoms with E-state index in [4.69, 9.17) is 0 Å². The third kappa shape index (κ3) is 1.13. The van der Waals surface area contributed by atoms with Crippen LogP contribution in [0.2, 0.25) is 0 Å². The monoisotopic (exact) mass is 230 g/mol. The maximum absolute atomic E-state index is 9.60. The Hall–Kier alpha value is -0.250. The summed E-state index contributed by atoms with van der Waals surface area (Å²) in [4.78, 5) is 1.05. The smallest absolute Gasteiger partial charge is 0.0576 e. The van der Waals surface area contributed by atoms with Crippen LogP contribution in [0.4, 0.5) is 0 Å². The van der Waals surface area contributed by atoms with E-state index in [0.717, 1.165) is 14.3 Å². The molecule has 0 fully saturated rings. The van der Waals surface area contributed by atoms with Gasteiger partial charge in [-0.3, -0.25) is 0 Å². The van der Waals surface area contributed by atoms with Crippen molar-refractivity contribution in [1.82, 2.24) is 0 Å². The lowest BCUT2D eigenvalue weighted by atomic mass is 10.2. The molecule has 2 rings (SSSR count). The third-order valence-electron chi connectivity index (χ3n) is 1.64. The van der Waals surface area contributed by atoms with Gasteiger partial charge in [0.15, 0.2) is 0 Å². The molecule has 58 valence electrons. The van der Waals surface area contributed by atoms with Gasteiger partial charge < -0.3 is 4.55 Å². The average molecular weight is 231 g/mol. The normalized spacial score (nSPS) is 24.5. The Kier molecular flexibility index (Phi) is 1.79. The van der Waals surface area contributed by atoms with Crippen LogP contribution in [-0.2, 0) is 0 Å². The minimum Gasteiger partial charge on any atom is -0.345 e. The number of benzene rings is 1. The second kappa shape index (κ2) is 2.66. The van der Waals surface area contributed by atoms with E-state index < -0.39 is 11.2 Å². The van der Waals surface area contributed by atoms with Gasteiger partial charge >= 0.3 is 0 Å². The summed E-state index contributed by atoms with van der Waals surface area (Å²) < 4.78 is 10.5. The topological polar surface area (TPSA) is 20.2 Å². The molecule has 3 heteroatoms. The maximum atomic E-state index is 9.60. The van der Waals surface area contributed by atoms with Gasteiger partial charge in [-0.1, -0.05) is 29.4 Å². The van der Waals surface area contributed by atoms with Crippen LogP contribution in [0.3, 0.4) is 0 Å². The van der Waals surface area contributed by atoms with Crippen molar-refractivity contribution >= 4 is 33.2 Å². The molecule has 0 bridgehead atoms. The molecule has 0 aliphatic carbocycles. The summed E-state index contributed by atoms with van der Waals surface area (Å²) in [7, 11) is 0. The van der Waals surface area contributed by atoms with E-state index in [2.05, 4.69) is 15.9 Å². The van der Waals surface area contributed by atoms with Crippen LogP contribution in [0, 0.1) is 0 Å². The Bertz CT molecular complexity index is 322. The van der Waals surface area contributed by atoms with Crippen LogP contribution in [0.5, 0.6) is 0 Å². The summed E-state index contributed by atoms with van der Waals surface area (Å²) in [5.74, 6) is 0. The molecule has 0 amide bonds. The zero-order chi connectivity index (χ0) is 7.84. The standard InChI is InChI=1S/C8H7BrOS/c9-8-5-6-3-1-2-4-7(6)11(8)10/h1-5,10-11H. The summed E-state index contributed by atoms with van der Waals surface area (Å²) in [6.07, 6.45) is 1.97. The number of fused-ring (bicyclic) bond motifs is 1. The average Bonchev–Trinajstić information content (AvgIpc) is 2.30. The highest BCUT2D eigenvalue weighted by molar-refractivity contribution is 9.14. The van der Waals surface area contributed by atoms with Gasteiger partial charge in [-0.2, -0.15) is 0 Å². The molecule has 1 nitrogen and oxygen atoms in total. The van der Waals surface area contributed by atoms with E-state index in [1.54, 1.807) is 0 Å². The molecule has 1 aromatic rings. The van der Waals surface area contributed by atoms with Gasteiger partial charge in [0.2, 0.25) is 0 Å². The Balaban J connectivity index is 2.58. The molecular formula is C8H7BrOS. The quantitative estimate of drug-likeness (QED) is 0.657. The Morgan fingerprint density at radius 1 is 1.27 bits per heavy atom. The van der Waals surface area contributed by atoms with Gasteiger partial charge in [-0.15, -0.1) is 0 Å². The van der Waals surface area contributed by atoms with Crippen LogP contribution in [0.1, 0.15) is 5.56 Å². The second-order valence-electron chi connectivity index (χ2n) is 2.34. The summed E-state index contributed by atoms with van der Waals surface area (Å²) in [5.41, 5.74) is 1.13. The number of halogens is 1. The number of thiol groups is 1. The Labute approximate surface area is 76.4 Å². The van der Waals surface area contributed by atoms with E-state index in [1.165, 1.54) is 0 Å². The van der Waals surface area contributed by atoms with Crippen molar-refractivity contribution in [3.63, 3.8) is 0 Å². The first-order valence-electron chi connectivity index (χ1n) is 3.24. The SMILES string of the molecule is O[SH]1C(Br)=Cc2ccccc21. The highest BCUT2D eigenvalue weighted by atomic mass is 79.9. The molecule has 0 aromatic heterocycles. The van der Waals surface area contributed by atoms with Crippen LogP contribution in [0.15, 0.2) is 33.0 Å². The molecule has 0 saturated carbocycles. The third-order valence-corrected chi connectivity index (χ3v) is 4.28. The fourth-order valence-electron chi connectivity index (χ4n) is 1.11. The molecule has 0 saturated heterocycles. The molecule has 1 atom stereocenters. The minimum atomic E-state index is -1.06. The summed E-state index contributed by atoms with van der Waals surface area (Å²) >= 11 is 2.26. The van der Waals surface area contributed by atoms with Crippen molar-refractivity contribution in [1.29, 1.82) is 0 Å². The van der Waals surface area contributed by atoms with Gasteiger partial charge in [-0.05, 0) is 33.6 Å². The number of hydrogen-bond donors (Lipinski definition) is 2. The van der Waals surface area contributed by atoms with Crippen LogP contribution in [0.25, 0.3) is 6.08 Å². The fourth-order valence-corrected chi connectivity index (χ4v) is 3.03. The van der Waals surface area contributed by atoms with Crippen LogP contribution in [-0.4, -0.2) is 4.55 Å². The minimum absolute atomic E-state index is 0.911. The van der Waals surface area contributed by atoms with Crippen molar-refractivity contribution in [2.24, 2.45) is 0 Å². The van der Waals surface area contributed by atoms with Crippen molar-refractivity contribution in [3.8, 4) is 0 Å². The number of hydrogen-bond acceptors (Lipinski definition) is 1.